The number of thiophene rings is 1. The molecule has 1 aliphatic rings. The van der Waals surface area contributed by atoms with E-state index in [4.69, 9.17) is 4.42 Å². The third kappa shape index (κ3) is 5.59. The summed E-state index contributed by atoms with van der Waals surface area (Å²) < 4.78 is 5.21. The van der Waals surface area contributed by atoms with Crippen LogP contribution >= 0.6 is 11.3 Å². The van der Waals surface area contributed by atoms with Crippen molar-refractivity contribution in [3.05, 3.63) is 46.5 Å². The van der Waals surface area contributed by atoms with Crippen molar-refractivity contribution in [2.45, 2.75) is 25.4 Å². The van der Waals surface area contributed by atoms with Crippen molar-refractivity contribution in [3.8, 4) is 0 Å². The quantitative estimate of drug-likeness (QED) is 0.488. The van der Waals surface area contributed by atoms with Crippen LogP contribution in [0.15, 0.2) is 45.3 Å². The van der Waals surface area contributed by atoms with E-state index in [0.29, 0.717) is 24.5 Å². The SMILES string of the molecule is CN=C(NCC(=O)NCc1ccco1)NCC1CCCN(C)C1c1cccs1. The second-order valence-corrected chi connectivity index (χ2v) is 7.99. The van der Waals surface area contributed by atoms with Gasteiger partial charge in [-0.1, -0.05) is 6.07 Å². The van der Waals surface area contributed by atoms with E-state index >= 15 is 0 Å². The molecule has 3 heterocycles. The van der Waals surface area contributed by atoms with Crippen LogP contribution in [0.4, 0.5) is 0 Å². The van der Waals surface area contributed by atoms with Gasteiger partial charge in [-0.05, 0) is 55.9 Å². The number of rotatable bonds is 7. The Balaban J connectivity index is 1.45. The summed E-state index contributed by atoms with van der Waals surface area (Å²) >= 11 is 1.82. The number of hydrogen-bond donors (Lipinski definition) is 3. The summed E-state index contributed by atoms with van der Waals surface area (Å²) in [5, 5.41) is 11.4. The molecule has 2 aromatic rings. The Morgan fingerprint density at radius 3 is 2.93 bits per heavy atom. The van der Waals surface area contributed by atoms with Gasteiger partial charge in [-0.25, -0.2) is 0 Å². The van der Waals surface area contributed by atoms with E-state index in [1.807, 2.05) is 17.4 Å². The van der Waals surface area contributed by atoms with Crippen LogP contribution in [0.25, 0.3) is 0 Å². The summed E-state index contributed by atoms with van der Waals surface area (Å²) in [6.45, 7) is 2.50. The van der Waals surface area contributed by atoms with Gasteiger partial charge in [0.2, 0.25) is 5.91 Å². The maximum absolute atomic E-state index is 12.0. The highest BCUT2D eigenvalue weighted by atomic mass is 32.1. The molecule has 0 spiro atoms. The number of nitrogens with zero attached hydrogens (tertiary/aromatic N) is 2. The van der Waals surface area contributed by atoms with E-state index < -0.39 is 0 Å². The van der Waals surface area contributed by atoms with Gasteiger partial charge in [-0.2, -0.15) is 0 Å². The van der Waals surface area contributed by atoms with Gasteiger partial charge < -0.3 is 20.4 Å². The predicted molar refractivity (Wildman–Crippen MR) is 112 cm³/mol. The van der Waals surface area contributed by atoms with E-state index in [2.05, 4.69) is 50.4 Å². The number of carbonyl (C=O) groups is 1. The minimum absolute atomic E-state index is 0.104. The number of nitrogens with one attached hydrogen (secondary N) is 3. The van der Waals surface area contributed by atoms with Crippen molar-refractivity contribution in [1.29, 1.82) is 0 Å². The van der Waals surface area contributed by atoms with Crippen molar-refractivity contribution >= 4 is 23.2 Å². The normalized spacial score (nSPS) is 20.7. The van der Waals surface area contributed by atoms with Crippen LogP contribution in [0, 0.1) is 5.92 Å². The molecule has 2 aromatic heterocycles. The Hall–Kier alpha value is -2.32. The number of aliphatic imine (C=N–C) groups is 1. The Bertz CT molecular complexity index is 745. The molecule has 0 aromatic carbocycles. The summed E-state index contributed by atoms with van der Waals surface area (Å²) in [5.74, 6) is 1.78. The fourth-order valence-electron chi connectivity index (χ4n) is 3.66. The number of hydrogen-bond acceptors (Lipinski definition) is 5. The van der Waals surface area contributed by atoms with Crippen molar-refractivity contribution in [2.75, 3.05) is 33.7 Å². The maximum atomic E-state index is 12.0. The van der Waals surface area contributed by atoms with Gasteiger partial charge in [-0.3, -0.25) is 14.7 Å². The summed E-state index contributed by atoms with van der Waals surface area (Å²) in [4.78, 5) is 20.1. The molecule has 1 amide bonds. The smallest absolute Gasteiger partial charge is 0.239 e. The fourth-order valence-corrected chi connectivity index (χ4v) is 4.64. The van der Waals surface area contributed by atoms with E-state index in [9.17, 15) is 4.79 Å². The monoisotopic (exact) mass is 403 g/mol. The Kier molecular flexibility index (Phi) is 7.50. The van der Waals surface area contributed by atoms with Gasteiger partial charge in [0.05, 0.1) is 19.4 Å². The first-order chi connectivity index (χ1) is 13.7. The zero-order valence-corrected chi connectivity index (χ0v) is 17.3. The van der Waals surface area contributed by atoms with Crippen LogP contribution in [-0.2, 0) is 11.3 Å². The molecule has 1 aliphatic heterocycles. The third-order valence-electron chi connectivity index (χ3n) is 5.05. The topological polar surface area (TPSA) is 81.9 Å². The largest absolute Gasteiger partial charge is 0.467 e. The molecular formula is C20H29N5O2S. The molecule has 2 unspecified atom stereocenters. The molecule has 0 saturated carbocycles. The van der Waals surface area contributed by atoms with Crippen LogP contribution < -0.4 is 16.0 Å². The minimum Gasteiger partial charge on any atom is -0.467 e. The first kappa shape index (κ1) is 20.4. The average molecular weight is 404 g/mol. The van der Waals surface area contributed by atoms with Crippen LogP contribution in [0.1, 0.15) is 29.5 Å². The Morgan fingerprint density at radius 2 is 2.21 bits per heavy atom. The standard InChI is InChI=1S/C20H29N5O2S/c1-21-20(24-14-18(26)22-13-16-7-4-10-27-16)23-12-15-6-3-9-25(2)19(15)17-8-5-11-28-17/h4-5,7-8,10-11,15,19H,3,6,9,12-14H2,1-2H3,(H,22,26)(H2,21,23,24). The lowest BCUT2D eigenvalue weighted by atomic mass is 9.88. The van der Waals surface area contributed by atoms with Gasteiger partial charge in [0.15, 0.2) is 5.96 Å². The minimum atomic E-state index is -0.104. The molecule has 1 saturated heterocycles. The zero-order chi connectivity index (χ0) is 19.8. The molecule has 8 heteroatoms. The molecular weight excluding hydrogens is 374 g/mol. The number of furan rings is 1. The number of amides is 1. The molecule has 0 radical (unpaired) electrons. The van der Waals surface area contributed by atoms with Gasteiger partial charge in [0.25, 0.3) is 0 Å². The lowest BCUT2D eigenvalue weighted by molar-refractivity contribution is -0.120. The highest BCUT2D eigenvalue weighted by Crippen LogP contribution is 2.36. The first-order valence-electron chi connectivity index (χ1n) is 9.64. The van der Waals surface area contributed by atoms with Crippen molar-refractivity contribution in [3.63, 3.8) is 0 Å². The van der Waals surface area contributed by atoms with Gasteiger partial charge in [0.1, 0.15) is 5.76 Å². The van der Waals surface area contributed by atoms with E-state index in [1.54, 1.807) is 19.4 Å². The highest BCUT2D eigenvalue weighted by molar-refractivity contribution is 7.10. The van der Waals surface area contributed by atoms with Gasteiger partial charge in [0, 0.05) is 24.5 Å². The predicted octanol–water partition coefficient (Wildman–Crippen LogP) is 2.21. The number of guanidine groups is 1. The summed E-state index contributed by atoms with van der Waals surface area (Å²) in [5.41, 5.74) is 0. The molecule has 0 bridgehead atoms. The lowest BCUT2D eigenvalue weighted by Gasteiger charge is -2.39. The summed E-state index contributed by atoms with van der Waals surface area (Å²) in [6.07, 6.45) is 3.98. The van der Waals surface area contributed by atoms with Crippen LogP contribution in [-0.4, -0.2) is 50.5 Å². The van der Waals surface area contributed by atoms with Gasteiger partial charge in [-0.15, -0.1) is 11.3 Å². The van der Waals surface area contributed by atoms with Gasteiger partial charge >= 0.3 is 0 Å². The Labute approximate surface area is 170 Å². The second kappa shape index (κ2) is 10.3. The molecule has 0 aliphatic carbocycles. The van der Waals surface area contributed by atoms with Crippen molar-refractivity contribution < 1.29 is 9.21 Å². The Morgan fingerprint density at radius 1 is 1.32 bits per heavy atom. The molecule has 152 valence electrons. The fraction of sp³-hybridized carbons (Fsp3) is 0.500. The molecule has 3 rings (SSSR count). The second-order valence-electron chi connectivity index (χ2n) is 7.01. The van der Waals surface area contributed by atoms with Crippen molar-refractivity contribution in [1.82, 2.24) is 20.9 Å². The molecule has 3 N–H and O–H groups in total. The number of likely N-dealkylation sites (tertiary alicyclic amines) is 1. The zero-order valence-electron chi connectivity index (χ0n) is 16.5. The van der Waals surface area contributed by atoms with E-state index in [-0.39, 0.29) is 12.5 Å². The first-order valence-corrected chi connectivity index (χ1v) is 10.5. The number of carbonyl (C=O) groups excluding carboxylic acids is 1. The third-order valence-corrected chi connectivity index (χ3v) is 6.00. The number of piperidine rings is 1. The highest BCUT2D eigenvalue weighted by Gasteiger charge is 2.31. The maximum Gasteiger partial charge on any atom is 0.239 e. The van der Waals surface area contributed by atoms with E-state index in [0.717, 1.165) is 18.8 Å². The lowest BCUT2D eigenvalue weighted by Crippen LogP contribution is -2.47. The summed E-state index contributed by atoms with van der Waals surface area (Å²) in [6, 6.07) is 8.41. The van der Waals surface area contributed by atoms with Crippen molar-refractivity contribution in [2.24, 2.45) is 10.9 Å². The summed E-state index contributed by atoms with van der Waals surface area (Å²) in [7, 11) is 3.92. The molecule has 2 atom stereocenters. The molecule has 7 nitrogen and oxygen atoms in total. The molecule has 28 heavy (non-hydrogen) atoms. The van der Waals surface area contributed by atoms with Crippen LogP contribution in [0.3, 0.4) is 0 Å². The average Bonchev–Trinajstić information content (AvgIpc) is 3.40. The van der Waals surface area contributed by atoms with Crippen LogP contribution in [0.5, 0.6) is 0 Å². The molecule has 1 fully saturated rings. The van der Waals surface area contributed by atoms with E-state index in [1.165, 1.54) is 17.7 Å². The van der Waals surface area contributed by atoms with Crippen LogP contribution in [0.2, 0.25) is 0 Å².